The van der Waals surface area contributed by atoms with E-state index in [9.17, 15) is 4.79 Å². The molecule has 3 aromatic rings. The van der Waals surface area contributed by atoms with Crippen LogP contribution in [0.1, 0.15) is 33.4 Å². The van der Waals surface area contributed by atoms with Crippen molar-refractivity contribution in [2.75, 3.05) is 6.54 Å². The number of carbonyl (C=O) groups excluding carboxylic acids is 1. The number of rotatable bonds is 5. The summed E-state index contributed by atoms with van der Waals surface area (Å²) in [6.45, 7) is 1.58. The van der Waals surface area contributed by atoms with Crippen molar-refractivity contribution in [3.63, 3.8) is 0 Å². The maximum Gasteiger partial charge on any atom is 0.271 e. The third kappa shape index (κ3) is 4.21. The van der Waals surface area contributed by atoms with Gasteiger partial charge in [-0.25, -0.2) is 0 Å². The average Bonchev–Trinajstić information content (AvgIpc) is 3.13. The molecule has 1 aliphatic rings. The molecule has 0 saturated heterocycles. The van der Waals surface area contributed by atoms with Gasteiger partial charge in [0.2, 0.25) is 0 Å². The lowest BCUT2D eigenvalue weighted by atomic mass is 10.1. The number of fused-ring (bicyclic) bond motifs is 1. The monoisotopic (exact) mass is 381 g/mol. The van der Waals surface area contributed by atoms with Crippen molar-refractivity contribution in [3.8, 4) is 0 Å². The van der Waals surface area contributed by atoms with E-state index in [1.54, 1.807) is 6.07 Å². The van der Waals surface area contributed by atoms with E-state index >= 15 is 0 Å². The molecule has 2 aromatic carbocycles. The molecule has 6 heteroatoms. The summed E-state index contributed by atoms with van der Waals surface area (Å²) in [5, 5.41) is 8.10. The first-order valence-electron chi connectivity index (χ1n) is 8.95. The Morgan fingerprint density at radius 3 is 2.74 bits per heavy atom. The number of nitrogens with zero attached hydrogens (tertiary/aromatic N) is 2. The number of aromatic nitrogens is 2. The van der Waals surface area contributed by atoms with Gasteiger partial charge in [-0.2, -0.15) is 5.10 Å². The summed E-state index contributed by atoms with van der Waals surface area (Å²) in [6, 6.07) is 19.5. The highest BCUT2D eigenvalue weighted by molar-refractivity contribution is 6.30. The van der Waals surface area contributed by atoms with Crippen molar-refractivity contribution in [3.05, 3.63) is 88.2 Å². The highest BCUT2D eigenvalue weighted by atomic mass is 35.5. The molecule has 1 N–H and O–H groups in total. The summed E-state index contributed by atoms with van der Waals surface area (Å²) in [5.41, 5.74) is 3.59. The minimum absolute atomic E-state index is 0.0938. The molecule has 1 aromatic heterocycles. The maximum atomic E-state index is 12.4. The highest BCUT2D eigenvalue weighted by Crippen LogP contribution is 2.27. The van der Waals surface area contributed by atoms with Crippen LogP contribution in [0.3, 0.4) is 0 Å². The number of benzene rings is 2. The molecule has 0 unspecified atom stereocenters. The third-order valence-corrected chi connectivity index (χ3v) is 4.90. The van der Waals surface area contributed by atoms with Gasteiger partial charge in [0.15, 0.2) is 5.69 Å². The SMILES string of the molecule is O=C(NCCc1ccccc1)c1cc2n(n1)C[C@@H](c1ccc(Cl)cc1)OC2. The van der Waals surface area contributed by atoms with Crippen LogP contribution in [-0.2, 0) is 24.3 Å². The minimum Gasteiger partial charge on any atom is -0.365 e. The van der Waals surface area contributed by atoms with Gasteiger partial charge >= 0.3 is 0 Å². The lowest BCUT2D eigenvalue weighted by molar-refractivity contribution is -0.00119. The number of amides is 1. The Balaban J connectivity index is 1.37. The van der Waals surface area contributed by atoms with Crippen molar-refractivity contribution in [1.29, 1.82) is 0 Å². The number of hydrogen-bond donors (Lipinski definition) is 1. The van der Waals surface area contributed by atoms with E-state index in [1.165, 1.54) is 5.56 Å². The second kappa shape index (κ2) is 7.94. The van der Waals surface area contributed by atoms with Gasteiger partial charge in [-0.3, -0.25) is 9.48 Å². The molecule has 27 heavy (non-hydrogen) atoms. The van der Waals surface area contributed by atoms with Crippen molar-refractivity contribution < 1.29 is 9.53 Å². The van der Waals surface area contributed by atoms with Crippen molar-refractivity contribution in [2.24, 2.45) is 0 Å². The van der Waals surface area contributed by atoms with Crippen LogP contribution >= 0.6 is 11.6 Å². The van der Waals surface area contributed by atoms with E-state index in [-0.39, 0.29) is 12.0 Å². The molecular formula is C21H20ClN3O2. The number of nitrogens with one attached hydrogen (secondary N) is 1. The summed E-state index contributed by atoms with van der Waals surface area (Å²) in [6.07, 6.45) is 0.700. The number of hydrogen-bond acceptors (Lipinski definition) is 3. The van der Waals surface area contributed by atoms with Gasteiger partial charge in [0.25, 0.3) is 5.91 Å². The van der Waals surface area contributed by atoms with E-state index in [0.717, 1.165) is 17.7 Å². The highest BCUT2D eigenvalue weighted by Gasteiger charge is 2.24. The van der Waals surface area contributed by atoms with Crippen LogP contribution in [0.15, 0.2) is 60.7 Å². The Labute approximate surface area is 162 Å². The summed E-state index contributed by atoms with van der Waals surface area (Å²) in [5.74, 6) is -0.157. The molecule has 138 valence electrons. The second-order valence-corrected chi connectivity index (χ2v) is 6.98. The van der Waals surface area contributed by atoms with Crippen LogP contribution in [0.25, 0.3) is 0 Å². The van der Waals surface area contributed by atoms with E-state index in [4.69, 9.17) is 16.3 Å². The zero-order chi connectivity index (χ0) is 18.6. The fraction of sp³-hybridized carbons (Fsp3) is 0.238. The molecule has 1 atom stereocenters. The molecule has 0 bridgehead atoms. The predicted molar refractivity (Wildman–Crippen MR) is 104 cm³/mol. The molecule has 4 rings (SSSR count). The topological polar surface area (TPSA) is 56.2 Å². The summed E-state index contributed by atoms with van der Waals surface area (Å²) in [7, 11) is 0. The standard InChI is InChI=1S/C21H20ClN3O2/c22-17-8-6-16(7-9-17)20-13-25-18(14-27-20)12-19(24-25)21(26)23-11-10-15-4-2-1-3-5-15/h1-9,12,20H,10-11,13-14H2,(H,23,26)/t20-/m0/s1. The van der Waals surface area contributed by atoms with Gasteiger partial charge < -0.3 is 10.1 Å². The van der Waals surface area contributed by atoms with Gasteiger partial charge in [0, 0.05) is 11.6 Å². The summed E-state index contributed by atoms with van der Waals surface area (Å²) in [4.78, 5) is 12.4. The molecule has 0 fully saturated rings. The quantitative estimate of drug-likeness (QED) is 0.731. The fourth-order valence-corrected chi connectivity index (χ4v) is 3.30. The van der Waals surface area contributed by atoms with E-state index < -0.39 is 0 Å². The van der Waals surface area contributed by atoms with Crippen LogP contribution < -0.4 is 5.32 Å². The summed E-state index contributed by atoms with van der Waals surface area (Å²) >= 11 is 5.95. The van der Waals surface area contributed by atoms with Crippen LogP contribution in [0.5, 0.6) is 0 Å². The largest absolute Gasteiger partial charge is 0.365 e. The normalized spacial score (nSPS) is 16.0. The van der Waals surface area contributed by atoms with Crippen LogP contribution in [0.4, 0.5) is 0 Å². The molecule has 5 nitrogen and oxygen atoms in total. The molecule has 2 heterocycles. The number of carbonyl (C=O) groups is 1. The second-order valence-electron chi connectivity index (χ2n) is 6.55. The molecule has 1 amide bonds. The zero-order valence-corrected chi connectivity index (χ0v) is 15.5. The summed E-state index contributed by atoms with van der Waals surface area (Å²) < 4.78 is 7.78. The molecule has 1 aliphatic heterocycles. The van der Waals surface area contributed by atoms with Crippen molar-refractivity contribution >= 4 is 17.5 Å². The lowest BCUT2D eigenvalue weighted by Gasteiger charge is -2.24. The molecule has 0 aliphatic carbocycles. The van der Waals surface area contributed by atoms with Gasteiger partial charge in [-0.1, -0.05) is 54.1 Å². The Morgan fingerprint density at radius 1 is 1.19 bits per heavy atom. The van der Waals surface area contributed by atoms with Crippen molar-refractivity contribution in [2.45, 2.75) is 25.7 Å². The maximum absolute atomic E-state index is 12.4. The molecule has 0 radical (unpaired) electrons. The van der Waals surface area contributed by atoms with Crippen LogP contribution in [0, 0.1) is 0 Å². The first-order valence-corrected chi connectivity index (χ1v) is 9.33. The van der Waals surface area contributed by atoms with Gasteiger partial charge in [0.05, 0.1) is 18.8 Å². The predicted octanol–water partition coefficient (Wildman–Crippen LogP) is 3.78. The molecule has 0 spiro atoms. The van der Waals surface area contributed by atoms with Gasteiger partial charge in [-0.05, 0) is 35.7 Å². The number of halogens is 1. The van der Waals surface area contributed by atoms with E-state index in [1.807, 2.05) is 47.1 Å². The smallest absolute Gasteiger partial charge is 0.271 e. The first-order chi connectivity index (χ1) is 13.2. The van der Waals surface area contributed by atoms with Crippen LogP contribution in [0.2, 0.25) is 5.02 Å². The first kappa shape index (κ1) is 17.8. The zero-order valence-electron chi connectivity index (χ0n) is 14.8. The fourth-order valence-electron chi connectivity index (χ4n) is 3.17. The molecular weight excluding hydrogens is 362 g/mol. The Bertz CT molecular complexity index is 922. The van der Waals surface area contributed by atoms with Crippen molar-refractivity contribution in [1.82, 2.24) is 15.1 Å². The molecule has 0 saturated carbocycles. The Morgan fingerprint density at radius 2 is 1.96 bits per heavy atom. The van der Waals surface area contributed by atoms with Crippen LogP contribution in [-0.4, -0.2) is 22.2 Å². The average molecular weight is 382 g/mol. The van der Waals surface area contributed by atoms with E-state index in [2.05, 4.69) is 22.5 Å². The minimum atomic E-state index is -0.157. The van der Waals surface area contributed by atoms with E-state index in [0.29, 0.717) is 30.4 Å². The number of ether oxygens (including phenoxy) is 1. The third-order valence-electron chi connectivity index (χ3n) is 4.65. The lowest BCUT2D eigenvalue weighted by Crippen LogP contribution is -2.26. The Kier molecular flexibility index (Phi) is 5.23. The Hall–Kier alpha value is -2.63. The van der Waals surface area contributed by atoms with Gasteiger partial charge in [-0.15, -0.1) is 0 Å². The van der Waals surface area contributed by atoms with Gasteiger partial charge in [0.1, 0.15) is 6.10 Å².